The van der Waals surface area contributed by atoms with Crippen LogP contribution < -0.4 is 14.2 Å². The smallest absolute Gasteiger partial charge is 0.260 e. The Bertz CT molecular complexity index is 649. The monoisotopic (exact) mass is 360 g/mol. The minimum atomic E-state index is 0.0237. The number of hydrogen-bond acceptors (Lipinski definition) is 5. The standard InChI is InChI=1S/C20H28N2O4/c1-21(12-15-5-4-10-22-9-3-2-6-17(15)22)20(23)13-24-16-7-8-18-19(11-16)26-14-25-18/h7-8,11,15,17H,2-6,9-10,12-14H2,1H3. The minimum Gasteiger partial charge on any atom is -0.484 e. The summed E-state index contributed by atoms with van der Waals surface area (Å²) in [6.07, 6.45) is 6.39. The largest absolute Gasteiger partial charge is 0.484 e. The first kappa shape index (κ1) is 17.5. The van der Waals surface area contributed by atoms with Gasteiger partial charge in [0.2, 0.25) is 6.79 Å². The summed E-state index contributed by atoms with van der Waals surface area (Å²) in [5.74, 6) is 2.63. The predicted octanol–water partition coefficient (Wildman–Crippen LogP) is 2.52. The lowest BCUT2D eigenvalue weighted by Gasteiger charge is -2.45. The number of piperidine rings is 2. The molecule has 6 nitrogen and oxygen atoms in total. The topological polar surface area (TPSA) is 51.2 Å². The molecule has 26 heavy (non-hydrogen) atoms. The molecule has 1 amide bonds. The van der Waals surface area contributed by atoms with E-state index in [0.29, 0.717) is 23.5 Å². The molecule has 3 aliphatic heterocycles. The van der Waals surface area contributed by atoms with Gasteiger partial charge >= 0.3 is 0 Å². The molecule has 2 atom stereocenters. The first-order valence-electron chi connectivity index (χ1n) is 9.71. The van der Waals surface area contributed by atoms with Gasteiger partial charge in [-0.25, -0.2) is 0 Å². The van der Waals surface area contributed by atoms with E-state index in [1.807, 2.05) is 24.1 Å². The van der Waals surface area contributed by atoms with E-state index in [9.17, 15) is 4.79 Å². The third-order valence-electron chi connectivity index (χ3n) is 5.87. The Morgan fingerprint density at radius 2 is 2.04 bits per heavy atom. The van der Waals surface area contributed by atoms with Crippen LogP contribution in [0.3, 0.4) is 0 Å². The predicted molar refractivity (Wildman–Crippen MR) is 97.6 cm³/mol. The number of benzene rings is 1. The van der Waals surface area contributed by atoms with Crippen LogP contribution >= 0.6 is 0 Å². The van der Waals surface area contributed by atoms with Crippen LogP contribution in [0.25, 0.3) is 0 Å². The van der Waals surface area contributed by atoms with Gasteiger partial charge in [0, 0.05) is 25.7 Å². The fourth-order valence-electron chi connectivity index (χ4n) is 4.47. The van der Waals surface area contributed by atoms with Crippen LogP contribution in [0.4, 0.5) is 0 Å². The lowest BCUT2D eigenvalue weighted by molar-refractivity contribution is -0.133. The molecule has 2 saturated heterocycles. The number of carbonyl (C=O) groups is 1. The summed E-state index contributed by atoms with van der Waals surface area (Å²) in [6.45, 7) is 3.57. The van der Waals surface area contributed by atoms with E-state index < -0.39 is 0 Å². The number of rotatable bonds is 5. The van der Waals surface area contributed by atoms with Gasteiger partial charge in [0.15, 0.2) is 18.1 Å². The van der Waals surface area contributed by atoms with Crippen molar-refractivity contribution in [2.75, 3.05) is 40.1 Å². The molecule has 4 rings (SSSR count). The molecule has 0 aliphatic carbocycles. The minimum absolute atomic E-state index is 0.0237. The second-order valence-electron chi connectivity index (χ2n) is 7.58. The van der Waals surface area contributed by atoms with Gasteiger partial charge in [-0.15, -0.1) is 0 Å². The van der Waals surface area contributed by atoms with Gasteiger partial charge in [-0.2, -0.15) is 0 Å². The first-order chi connectivity index (χ1) is 12.7. The average molecular weight is 360 g/mol. The molecular formula is C20H28N2O4. The zero-order valence-electron chi connectivity index (χ0n) is 15.5. The summed E-state index contributed by atoms with van der Waals surface area (Å²) in [6, 6.07) is 6.05. The Kier molecular flexibility index (Phi) is 5.20. The Hall–Kier alpha value is -1.95. The first-order valence-corrected chi connectivity index (χ1v) is 9.71. The van der Waals surface area contributed by atoms with E-state index in [0.717, 1.165) is 12.3 Å². The van der Waals surface area contributed by atoms with Crippen molar-refractivity contribution in [1.82, 2.24) is 9.80 Å². The van der Waals surface area contributed by atoms with E-state index in [1.54, 1.807) is 6.07 Å². The maximum Gasteiger partial charge on any atom is 0.260 e. The molecule has 0 bridgehead atoms. The normalized spacial score (nSPS) is 24.8. The third kappa shape index (κ3) is 3.75. The van der Waals surface area contributed by atoms with Crippen molar-refractivity contribution in [3.8, 4) is 17.2 Å². The summed E-state index contributed by atoms with van der Waals surface area (Å²) in [5, 5.41) is 0. The molecule has 1 aromatic carbocycles. The fourth-order valence-corrected chi connectivity index (χ4v) is 4.47. The van der Waals surface area contributed by atoms with E-state index >= 15 is 0 Å². The lowest BCUT2D eigenvalue weighted by Crippen LogP contribution is -2.51. The molecule has 3 aliphatic rings. The number of likely N-dealkylation sites (N-methyl/N-ethyl adjacent to an activating group) is 1. The second kappa shape index (κ2) is 7.74. The average Bonchev–Trinajstić information content (AvgIpc) is 3.14. The van der Waals surface area contributed by atoms with E-state index in [4.69, 9.17) is 14.2 Å². The van der Waals surface area contributed by atoms with Crippen molar-refractivity contribution in [2.45, 2.75) is 38.1 Å². The molecule has 1 aromatic rings. The zero-order valence-corrected chi connectivity index (χ0v) is 15.5. The van der Waals surface area contributed by atoms with Gasteiger partial charge in [-0.3, -0.25) is 4.79 Å². The molecule has 2 unspecified atom stereocenters. The van der Waals surface area contributed by atoms with Crippen molar-refractivity contribution >= 4 is 5.91 Å². The highest BCUT2D eigenvalue weighted by Gasteiger charge is 2.34. The van der Waals surface area contributed by atoms with Crippen molar-refractivity contribution in [2.24, 2.45) is 5.92 Å². The van der Waals surface area contributed by atoms with Gasteiger partial charge in [0.05, 0.1) is 0 Å². The van der Waals surface area contributed by atoms with Gasteiger partial charge < -0.3 is 24.0 Å². The summed E-state index contributed by atoms with van der Waals surface area (Å²) in [5.41, 5.74) is 0. The molecule has 0 saturated carbocycles. The molecule has 0 radical (unpaired) electrons. The van der Waals surface area contributed by atoms with E-state index in [2.05, 4.69) is 4.90 Å². The van der Waals surface area contributed by atoms with Crippen LogP contribution in [-0.4, -0.2) is 61.8 Å². The molecule has 0 aromatic heterocycles. The van der Waals surface area contributed by atoms with Gasteiger partial charge in [-0.05, 0) is 56.8 Å². The Labute approximate surface area is 155 Å². The second-order valence-corrected chi connectivity index (χ2v) is 7.58. The molecule has 142 valence electrons. The van der Waals surface area contributed by atoms with Crippen LogP contribution in [0.2, 0.25) is 0 Å². The fraction of sp³-hybridized carbons (Fsp3) is 0.650. The number of fused-ring (bicyclic) bond motifs is 2. The Balaban J connectivity index is 1.29. The molecule has 3 heterocycles. The third-order valence-corrected chi connectivity index (χ3v) is 5.87. The van der Waals surface area contributed by atoms with Crippen LogP contribution in [-0.2, 0) is 4.79 Å². The highest BCUT2D eigenvalue weighted by atomic mass is 16.7. The van der Waals surface area contributed by atoms with Gasteiger partial charge in [0.1, 0.15) is 5.75 Å². The van der Waals surface area contributed by atoms with Gasteiger partial charge in [0.25, 0.3) is 5.91 Å². The van der Waals surface area contributed by atoms with Crippen molar-refractivity contribution in [3.05, 3.63) is 18.2 Å². The van der Waals surface area contributed by atoms with E-state index in [1.165, 1.54) is 45.2 Å². The zero-order chi connectivity index (χ0) is 17.9. The summed E-state index contributed by atoms with van der Waals surface area (Å²) >= 11 is 0. The lowest BCUT2D eigenvalue weighted by atomic mass is 9.83. The number of amides is 1. The molecule has 6 heteroatoms. The van der Waals surface area contributed by atoms with E-state index in [-0.39, 0.29) is 19.3 Å². The maximum atomic E-state index is 12.5. The van der Waals surface area contributed by atoms with Crippen molar-refractivity contribution < 1.29 is 19.0 Å². The quantitative estimate of drug-likeness (QED) is 0.808. The Morgan fingerprint density at radius 1 is 1.19 bits per heavy atom. The number of carbonyl (C=O) groups excluding carboxylic acids is 1. The summed E-state index contributed by atoms with van der Waals surface area (Å²) in [7, 11) is 1.90. The van der Waals surface area contributed by atoms with Gasteiger partial charge in [-0.1, -0.05) is 6.42 Å². The van der Waals surface area contributed by atoms with Crippen LogP contribution in [0, 0.1) is 5.92 Å². The number of hydrogen-bond donors (Lipinski definition) is 0. The van der Waals surface area contributed by atoms with Crippen molar-refractivity contribution in [1.29, 1.82) is 0 Å². The highest BCUT2D eigenvalue weighted by Crippen LogP contribution is 2.35. The maximum absolute atomic E-state index is 12.5. The number of nitrogens with zero attached hydrogens (tertiary/aromatic N) is 2. The molecule has 0 spiro atoms. The van der Waals surface area contributed by atoms with Crippen molar-refractivity contribution in [3.63, 3.8) is 0 Å². The molecule has 0 N–H and O–H groups in total. The highest BCUT2D eigenvalue weighted by molar-refractivity contribution is 5.77. The number of ether oxygens (including phenoxy) is 3. The van der Waals surface area contributed by atoms with Crippen LogP contribution in [0.1, 0.15) is 32.1 Å². The SMILES string of the molecule is CN(CC1CCCN2CCCCC12)C(=O)COc1ccc2c(c1)OCO2. The Morgan fingerprint density at radius 3 is 2.96 bits per heavy atom. The van der Waals surface area contributed by atoms with Crippen LogP contribution in [0.5, 0.6) is 17.2 Å². The summed E-state index contributed by atoms with van der Waals surface area (Å²) < 4.78 is 16.3. The summed E-state index contributed by atoms with van der Waals surface area (Å²) in [4.78, 5) is 17.0. The molecular weight excluding hydrogens is 332 g/mol. The molecule has 2 fully saturated rings. The van der Waals surface area contributed by atoms with Crippen LogP contribution in [0.15, 0.2) is 18.2 Å².